The van der Waals surface area contributed by atoms with Crippen LogP contribution in [0.25, 0.3) is 10.9 Å². The summed E-state index contributed by atoms with van der Waals surface area (Å²) in [5.41, 5.74) is 4.74. The topological polar surface area (TPSA) is 93.2 Å². The molecule has 1 atom stereocenters. The van der Waals surface area contributed by atoms with Gasteiger partial charge in [-0.3, -0.25) is 9.80 Å². The summed E-state index contributed by atoms with van der Waals surface area (Å²) >= 11 is 0. The van der Waals surface area contributed by atoms with Gasteiger partial charge in [-0.1, -0.05) is 32.8 Å². The summed E-state index contributed by atoms with van der Waals surface area (Å²) in [6.07, 6.45) is 2.92. The second kappa shape index (κ2) is 13.4. The maximum atomic E-state index is 12.9. The van der Waals surface area contributed by atoms with E-state index >= 15 is 0 Å². The summed E-state index contributed by atoms with van der Waals surface area (Å²) in [5.74, 6) is 0.754. The van der Waals surface area contributed by atoms with Crippen LogP contribution in [0.5, 0.6) is 0 Å². The van der Waals surface area contributed by atoms with Crippen molar-refractivity contribution in [3.8, 4) is 6.07 Å². The number of hydrogen-bond acceptors (Lipinski definition) is 7. The number of benzene rings is 1. The SMILES string of the molecule is CCCCC(O)(CC)Cn1c(C#N)cc2c(C)c(CN3CCC(Nc4ncnc5c4CCN(CC(F)(F)F)C5)CC3)ccc21. The number of likely N-dealkylation sites (tertiary alicyclic amines) is 1. The number of halogens is 3. The quantitative estimate of drug-likeness (QED) is 0.277. The number of aromatic nitrogens is 3. The molecule has 2 aliphatic rings. The Morgan fingerprint density at radius 3 is 2.55 bits per heavy atom. The highest BCUT2D eigenvalue weighted by Crippen LogP contribution is 2.31. The van der Waals surface area contributed by atoms with Crippen molar-refractivity contribution in [3.63, 3.8) is 0 Å². The van der Waals surface area contributed by atoms with Crippen molar-refractivity contribution < 1.29 is 18.3 Å². The monoisotopic (exact) mass is 611 g/mol. The molecule has 1 aromatic carbocycles. The average molecular weight is 612 g/mol. The first-order valence-electron chi connectivity index (χ1n) is 15.9. The first-order chi connectivity index (χ1) is 21.0. The van der Waals surface area contributed by atoms with E-state index in [0.717, 1.165) is 67.6 Å². The smallest absolute Gasteiger partial charge is 0.388 e. The Morgan fingerprint density at radius 2 is 1.86 bits per heavy atom. The number of nitrogens with one attached hydrogen (secondary N) is 1. The molecule has 1 fully saturated rings. The van der Waals surface area contributed by atoms with Gasteiger partial charge in [0.15, 0.2) is 0 Å². The number of nitrogens with zero attached hydrogens (tertiary/aromatic N) is 6. The molecule has 0 saturated carbocycles. The predicted octanol–water partition coefficient (Wildman–Crippen LogP) is 5.94. The van der Waals surface area contributed by atoms with Gasteiger partial charge in [-0.25, -0.2) is 9.97 Å². The Bertz CT molecular complexity index is 1490. The fraction of sp³-hybridized carbons (Fsp3) is 0.606. The van der Waals surface area contributed by atoms with Gasteiger partial charge in [0.2, 0.25) is 0 Å². The molecule has 0 radical (unpaired) electrons. The summed E-state index contributed by atoms with van der Waals surface area (Å²) in [4.78, 5) is 12.6. The zero-order valence-corrected chi connectivity index (χ0v) is 26.1. The second-order valence-corrected chi connectivity index (χ2v) is 12.6. The molecule has 2 aromatic heterocycles. The third-order valence-electron chi connectivity index (χ3n) is 9.50. The van der Waals surface area contributed by atoms with Gasteiger partial charge in [-0.2, -0.15) is 18.4 Å². The number of anilines is 1. The summed E-state index contributed by atoms with van der Waals surface area (Å²) in [6, 6.07) is 8.80. The third-order valence-corrected chi connectivity index (χ3v) is 9.50. The van der Waals surface area contributed by atoms with Gasteiger partial charge in [0.05, 0.1) is 24.4 Å². The van der Waals surface area contributed by atoms with Gasteiger partial charge in [0, 0.05) is 55.2 Å². The fourth-order valence-electron chi connectivity index (χ4n) is 6.71. The summed E-state index contributed by atoms with van der Waals surface area (Å²) in [6.45, 7) is 8.90. The maximum absolute atomic E-state index is 12.9. The predicted molar refractivity (Wildman–Crippen MR) is 165 cm³/mol. The minimum Gasteiger partial charge on any atom is -0.388 e. The molecule has 0 aliphatic carbocycles. The van der Waals surface area contributed by atoms with Gasteiger partial charge in [0.1, 0.15) is 23.9 Å². The van der Waals surface area contributed by atoms with E-state index in [4.69, 9.17) is 0 Å². The molecular weight excluding hydrogens is 567 g/mol. The molecule has 0 bridgehead atoms. The van der Waals surface area contributed by atoms with Crippen LogP contribution in [0.15, 0.2) is 24.5 Å². The van der Waals surface area contributed by atoms with Crippen LogP contribution in [-0.4, -0.2) is 73.4 Å². The largest absolute Gasteiger partial charge is 0.401 e. The number of fused-ring (bicyclic) bond motifs is 2. The van der Waals surface area contributed by atoms with Gasteiger partial charge in [0.25, 0.3) is 0 Å². The van der Waals surface area contributed by atoms with Crippen LogP contribution in [0.2, 0.25) is 0 Å². The molecule has 2 aliphatic heterocycles. The van der Waals surface area contributed by atoms with E-state index in [9.17, 15) is 23.5 Å². The Balaban J connectivity index is 1.22. The van der Waals surface area contributed by atoms with Crippen LogP contribution < -0.4 is 5.32 Å². The van der Waals surface area contributed by atoms with Crippen molar-refractivity contribution in [1.29, 1.82) is 5.26 Å². The molecule has 238 valence electrons. The normalized spacial score (nSPS) is 18.2. The highest BCUT2D eigenvalue weighted by molar-refractivity contribution is 5.86. The van der Waals surface area contributed by atoms with E-state index in [2.05, 4.69) is 52.2 Å². The first-order valence-corrected chi connectivity index (χ1v) is 15.9. The van der Waals surface area contributed by atoms with Crippen LogP contribution in [0.3, 0.4) is 0 Å². The number of piperidine rings is 1. The fourth-order valence-corrected chi connectivity index (χ4v) is 6.71. The van der Waals surface area contributed by atoms with E-state index in [1.54, 1.807) is 0 Å². The lowest BCUT2D eigenvalue weighted by Crippen LogP contribution is -2.40. The van der Waals surface area contributed by atoms with E-state index in [-0.39, 0.29) is 12.6 Å². The highest BCUT2D eigenvalue weighted by Gasteiger charge is 2.33. The Labute approximate surface area is 257 Å². The summed E-state index contributed by atoms with van der Waals surface area (Å²) in [5, 5.41) is 25.8. The average Bonchev–Trinajstić information content (AvgIpc) is 3.35. The van der Waals surface area contributed by atoms with Gasteiger partial charge in [-0.15, -0.1) is 0 Å². The molecule has 1 unspecified atom stereocenters. The Hall–Kier alpha value is -3.20. The van der Waals surface area contributed by atoms with Crippen LogP contribution in [0.4, 0.5) is 19.0 Å². The van der Waals surface area contributed by atoms with Crippen LogP contribution >= 0.6 is 0 Å². The molecule has 1 saturated heterocycles. The summed E-state index contributed by atoms with van der Waals surface area (Å²) in [7, 11) is 0. The van der Waals surface area contributed by atoms with Gasteiger partial charge in [-0.05, 0) is 62.3 Å². The molecule has 0 spiro atoms. The lowest BCUT2D eigenvalue weighted by Gasteiger charge is -2.34. The van der Waals surface area contributed by atoms with Crippen molar-refractivity contribution in [2.75, 3.05) is 31.5 Å². The van der Waals surface area contributed by atoms with Crippen LogP contribution in [0.1, 0.15) is 80.5 Å². The number of unbranched alkanes of at least 4 members (excludes halogenated alkanes) is 1. The van der Waals surface area contributed by atoms with Crippen molar-refractivity contribution >= 4 is 16.7 Å². The third kappa shape index (κ3) is 7.36. The van der Waals surface area contributed by atoms with E-state index in [1.165, 1.54) is 22.4 Å². The number of rotatable bonds is 11. The molecule has 3 aromatic rings. The Morgan fingerprint density at radius 1 is 1.09 bits per heavy atom. The van der Waals surface area contributed by atoms with Crippen molar-refractivity contribution in [2.45, 2.75) is 103 Å². The van der Waals surface area contributed by atoms with Gasteiger partial charge >= 0.3 is 6.18 Å². The molecule has 4 heterocycles. The zero-order chi connectivity index (χ0) is 31.5. The maximum Gasteiger partial charge on any atom is 0.401 e. The first kappa shape index (κ1) is 32.2. The van der Waals surface area contributed by atoms with E-state index in [0.29, 0.717) is 43.7 Å². The number of alkyl halides is 3. The van der Waals surface area contributed by atoms with E-state index < -0.39 is 18.3 Å². The molecule has 2 N–H and O–H groups in total. The Kier molecular flexibility index (Phi) is 9.83. The standard InChI is InChI=1S/C33H44F3N7O/c1-4-6-12-32(44,5-2)20-43-26(17-37)16-28-23(3)24(7-8-30(28)43)18-41-13-9-25(10-14-41)40-31-27-11-15-42(21-33(34,35)36)19-29(27)38-22-39-31/h7-8,16,22,25,44H,4-6,9-15,18-21H2,1-3H3,(H,38,39,40). The minimum absolute atomic E-state index is 0.186. The molecule has 11 heteroatoms. The minimum atomic E-state index is -4.22. The second-order valence-electron chi connectivity index (χ2n) is 12.6. The number of aliphatic hydroxyl groups is 1. The van der Waals surface area contributed by atoms with Crippen molar-refractivity contribution in [3.05, 3.63) is 52.6 Å². The lowest BCUT2D eigenvalue weighted by molar-refractivity contribution is -0.147. The number of nitriles is 1. The number of hydrogen-bond donors (Lipinski definition) is 2. The van der Waals surface area contributed by atoms with Crippen LogP contribution in [-0.2, 0) is 26.1 Å². The zero-order valence-electron chi connectivity index (χ0n) is 26.1. The molecule has 0 amide bonds. The van der Waals surface area contributed by atoms with E-state index in [1.807, 2.05) is 17.6 Å². The summed E-state index contributed by atoms with van der Waals surface area (Å²) < 4.78 is 40.6. The van der Waals surface area contributed by atoms with Crippen LogP contribution in [0, 0.1) is 18.3 Å². The molecule has 8 nitrogen and oxygen atoms in total. The van der Waals surface area contributed by atoms with Gasteiger partial charge < -0.3 is 15.0 Å². The molecular formula is C33H44F3N7O. The van der Waals surface area contributed by atoms with Crippen molar-refractivity contribution in [2.24, 2.45) is 0 Å². The highest BCUT2D eigenvalue weighted by atomic mass is 19.4. The molecule has 5 rings (SSSR count). The van der Waals surface area contributed by atoms with Crippen molar-refractivity contribution in [1.82, 2.24) is 24.3 Å². The number of aryl methyl sites for hydroxylation is 1. The lowest BCUT2D eigenvalue weighted by atomic mass is 9.93. The molecule has 44 heavy (non-hydrogen) atoms.